The van der Waals surface area contributed by atoms with Gasteiger partial charge in [-0.1, -0.05) is 38.8 Å². The Bertz CT molecular complexity index is 279. The van der Waals surface area contributed by atoms with E-state index in [-0.39, 0.29) is 0 Å². The maximum atomic E-state index is 3.72. The van der Waals surface area contributed by atoms with Crippen molar-refractivity contribution in [3.63, 3.8) is 0 Å². The second-order valence-corrected chi connectivity index (χ2v) is 6.46. The summed E-state index contributed by atoms with van der Waals surface area (Å²) in [6.07, 6.45) is 12.4. The molecule has 1 N–H and O–H groups in total. The minimum absolute atomic E-state index is 0.505. The molecule has 2 rings (SSSR count). The number of rotatable bonds is 4. The van der Waals surface area contributed by atoms with Crippen molar-refractivity contribution in [1.29, 1.82) is 0 Å². The van der Waals surface area contributed by atoms with Gasteiger partial charge in [-0.15, -0.1) is 0 Å². The summed E-state index contributed by atoms with van der Waals surface area (Å²) in [6, 6.07) is 0.615. The highest BCUT2D eigenvalue weighted by molar-refractivity contribution is 5.21. The van der Waals surface area contributed by atoms with Gasteiger partial charge in [0.1, 0.15) is 0 Å². The number of allylic oxidation sites excluding steroid dienone is 1. The maximum Gasteiger partial charge on any atom is 0.00623 e. The SMILES string of the molecule is CC(C)NCC1(C2=CCCCC2)CCCC1C. The molecule has 2 aliphatic rings. The Hall–Kier alpha value is -0.300. The van der Waals surface area contributed by atoms with Crippen LogP contribution in [0.2, 0.25) is 0 Å². The molecule has 0 aromatic rings. The second-order valence-electron chi connectivity index (χ2n) is 6.46. The summed E-state index contributed by atoms with van der Waals surface area (Å²) >= 11 is 0. The van der Waals surface area contributed by atoms with Crippen LogP contribution in [0.15, 0.2) is 11.6 Å². The van der Waals surface area contributed by atoms with Gasteiger partial charge in [0, 0.05) is 18.0 Å². The molecule has 0 heterocycles. The Balaban J connectivity index is 2.14. The third kappa shape index (κ3) is 2.76. The molecule has 2 aliphatic carbocycles. The lowest BCUT2D eigenvalue weighted by Gasteiger charge is -2.39. The van der Waals surface area contributed by atoms with Crippen LogP contribution < -0.4 is 5.32 Å². The lowest BCUT2D eigenvalue weighted by molar-refractivity contribution is 0.241. The van der Waals surface area contributed by atoms with E-state index in [0.717, 1.165) is 5.92 Å². The molecule has 1 heteroatoms. The molecule has 17 heavy (non-hydrogen) atoms. The lowest BCUT2D eigenvalue weighted by atomic mass is 9.69. The maximum absolute atomic E-state index is 3.72. The molecule has 0 bridgehead atoms. The van der Waals surface area contributed by atoms with Crippen LogP contribution in [0.3, 0.4) is 0 Å². The van der Waals surface area contributed by atoms with E-state index in [9.17, 15) is 0 Å². The van der Waals surface area contributed by atoms with Gasteiger partial charge in [-0.05, 0) is 44.4 Å². The average Bonchev–Trinajstić information content (AvgIpc) is 2.70. The van der Waals surface area contributed by atoms with Gasteiger partial charge in [0.05, 0.1) is 0 Å². The number of hydrogen-bond acceptors (Lipinski definition) is 1. The molecule has 0 aromatic carbocycles. The zero-order valence-electron chi connectivity index (χ0n) is 11.9. The van der Waals surface area contributed by atoms with Gasteiger partial charge in [0.25, 0.3) is 0 Å². The summed E-state index contributed by atoms with van der Waals surface area (Å²) < 4.78 is 0. The van der Waals surface area contributed by atoms with Crippen molar-refractivity contribution in [3.05, 3.63) is 11.6 Å². The highest BCUT2D eigenvalue weighted by atomic mass is 14.9. The zero-order chi connectivity index (χ0) is 12.3. The van der Waals surface area contributed by atoms with Gasteiger partial charge in [-0.25, -0.2) is 0 Å². The zero-order valence-corrected chi connectivity index (χ0v) is 11.9. The van der Waals surface area contributed by atoms with Crippen molar-refractivity contribution in [2.24, 2.45) is 11.3 Å². The summed E-state index contributed by atoms with van der Waals surface area (Å²) in [5.74, 6) is 0.873. The molecular weight excluding hydrogens is 206 g/mol. The monoisotopic (exact) mass is 235 g/mol. The predicted molar refractivity (Wildman–Crippen MR) is 75.1 cm³/mol. The fourth-order valence-electron chi connectivity index (χ4n) is 3.78. The lowest BCUT2D eigenvalue weighted by Crippen LogP contribution is -2.41. The van der Waals surface area contributed by atoms with Crippen LogP contribution in [-0.2, 0) is 0 Å². The molecule has 2 atom stereocenters. The third-order valence-corrected chi connectivity index (χ3v) is 4.96. The van der Waals surface area contributed by atoms with Gasteiger partial charge in [0.15, 0.2) is 0 Å². The van der Waals surface area contributed by atoms with E-state index in [1.54, 1.807) is 5.57 Å². The van der Waals surface area contributed by atoms with E-state index in [1.165, 1.54) is 51.5 Å². The molecule has 0 aliphatic heterocycles. The van der Waals surface area contributed by atoms with Crippen molar-refractivity contribution < 1.29 is 0 Å². The van der Waals surface area contributed by atoms with E-state index in [0.29, 0.717) is 11.5 Å². The number of nitrogens with one attached hydrogen (secondary N) is 1. The first kappa shape index (κ1) is 13.1. The van der Waals surface area contributed by atoms with Crippen molar-refractivity contribution in [2.45, 2.75) is 71.8 Å². The predicted octanol–water partition coefficient (Wildman–Crippen LogP) is 4.29. The van der Waals surface area contributed by atoms with E-state index in [4.69, 9.17) is 0 Å². The van der Waals surface area contributed by atoms with Crippen LogP contribution in [-0.4, -0.2) is 12.6 Å². The van der Waals surface area contributed by atoms with Crippen LogP contribution in [0.1, 0.15) is 65.7 Å². The smallest absolute Gasteiger partial charge is 0.00623 e. The van der Waals surface area contributed by atoms with Gasteiger partial charge in [0.2, 0.25) is 0 Å². The fourth-order valence-corrected chi connectivity index (χ4v) is 3.78. The molecule has 0 amide bonds. The van der Waals surface area contributed by atoms with Gasteiger partial charge >= 0.3 is 0 Å². The summed E-state index contributed by atoms with van der Waals surface area (Å²) in [4.78, 5) is 0. The van der Waals surface area contributed by atoms with Crippen molar-refractivity contribution in [3.8, 4) is 0 Å². The van der Waals surface area contributed by atoms with Crippen LogP contribution in [0.5, 0.6) is 0 Å². The first-order chi connectivity index (χ1) is 8.15. The van der Waals surface area contributed by atoms with Crippen LogP contribution in [0, 0.1) is 11.3 Å². The van der Waals surface area contributed by atoms with Crippen LogP contribution >= 0.6 is 0 Å². The minimum Gasteiger partial charge on any atom is -0.314 e. The normalized spacial score (nSPS) is 34.1. The average molecular weight is 235 g/mol. The summed E-state index contributed by atoms with van der Waals surface area (Å²) in [5.41, 5.74) is 2.30. The molecule has 98 valence electrons. The van der Waals surface area contributed by atoms with Gasteiger partial charge < -0.3 is 5.32 Å². The molecule has 0 aromatic heterocycles. The number of hydrogen-bond donors (Lipinski definition) is 1. The minimum atomic E-state index is 0.505. The van der Waals surface area contributed by atoms with Crippen molar-refractivity contribution >= 4 is 0 Å². The van der Waals surface area contributed by atoms with Crippen LogP contribution in [0.25, 0.3) is 0 Å². The fraction of sp³-hybridized carbons (Fsp3) is 0.875. The summed E-state index contributed by atoms with van der Waals surface area (Å²) in [6.45, 7) is 8.22. The standard InChI is InChI=1S/C16H29N/c1-13(2)17-12-16(11-7-8-14(16)3)15-9-5-4-6-10-15/h9,13-14,17H,4-8,10-12H2,1-3H3. The largest absolute Gasteiger partial charge is 0.314 e. The van der Waals surface area contributed by atoms with Gasteiger partial charge in [-0.2, -0.15) is 0 Å². The quantitative estimate of drug-likeness (QED) is 0.717. The van der Waals surface area contributed by atoms with E-state index >= 15 is 0 Å². The Kier molecular flexibility index (Phi) is 4.30. The van der Waals surface area contributed by atoms with Gasteiger partial charge in [-0.3, -0.25) is 0 Å². The Morgan fingerprint density at radius 2 is 2.18 bits per heavy atom. The molecular formula is C16H29N. The first-order valence-electron chi connectivity index (χ1n) is 7.58. The van der Waals surface area contributed by atoms with E-state index in [1.807, 2.05) is 0 Å². The Labute approximate surface area is 107 Å². The van der Waals surface area contributed by atoms with Crippen molar-refractivity contribution in [2.75, 3.05) is 6.54 Å². The molecule has 0 radical (unpaired) electrons. The molecule has 1 saturated carbocycles. The Morgan fingerprint density at radius 3 is 2.71 bits per heavy atom. The molecule has 0 spiro atoms. The summed E-state index contributed by atoms with van der Waals surface area (Å²) in [5, 5.41) is 3.72. The molecule has 1 fully saturated rings. The Morgan fingerprint density at radius 1 is 1.35 bits per heavy atom. The molecule has 1 nitrogen and oxygen atoms in total. The van der Waals surface area contributed by atoms with E-state index < -0.39 is 0 Å². The highest BCUT2D eigenvalue weighted by Gasteiger charge is 2.42. The highest BCUT2D eigenvalue weighted by Crippen LogP contribution is 2.50. The third-order valence-electron chi connectivity index (χ3n) is 4.96. The topological polar surface area (TPSA) is 12.0 Å². The van der Waals surface area contributed by atoms with Crippen LogP contribution in [0.4, 0.5) is 0 Å². The van der Waals surface area contributed by atoms with E-state index in [2.05, 4.69) is 32.2 Å². The summed E-state index contributed by atoms with van der Waals surface area (Å²) in [7, 11) is 0. The first-order valence-corrected chi connectivity index (χ1v) is 7.58. The molecule has 2 unspecified atom stereocenters. The van der Waals surface area contributed by atoms with Crippen molar-refractivity contribution in [1.82, 2.24) is 5.32 Å². The second kappa shape index (κ2) is 5.56. The molecule has 0 saturated heterocycles.